The van der Waals surface area contributed by atoms with E-state index in [1.54, 1.807) is 0 Å². The van der Waals surface area contributed by atoms with Crippen molar-refractivity contribution in [3.05, 3.63) is 182 Å². The normalized spacial score (nSPS) is 11.9. The average Bonchev–Trinajstić information content (AvgIpc) is 3.96. The fourth-order valence-corrected chi connectivity index (χ4v) is 10.9. The maximum Gasteiger partial charge on any atom is 0.164 e. The van der Waals surface area contributed by atoms with Crippen molar-refractivity contribution in [2.45, 2.75) is 0 Å². The highest BCUT2D eigenvalue weighted by Gasteiger charge is 2.19. The van der Waals surface area contributed by atoms with E-state index in [9.17, 15) is 0 Å². The van der Waals surface area contributed by atoms with Crippen LogP contribution in [0.15, 0.2) is 182 Å². The van der Waals surface area contributed by atoms with E-state index in [0.29, 0.717) is 17.5 Å². The molecule has 0 atom stereocenters. The van der Waals surface area contributed by atoms with Crippen molar-refractivity contribution >= 4 is 84.8 Å². The SMILES string of the molecule is c1ccc(-c2nc(-c3ccccc3)nc(-c3cccc4sc5cc(-c6cccc7c6sc6cc(-n8c9ccccc9c9ccccc98)ccc67)ccc5c34)n2)cc1. The van der Waals surface area contributed by atoms with Gasteiger partial charge in [-0.05, 0) is 47.5 Å². The molecule has 4 aromatic heterocycles. The first-order valence-electron chi connectivity index (χ1n) is 19.0. The van der Waals surface area contributed by atoms with E-state index in [4.69, 9.17) is 15.0 Å². The third-order valence-corrected chi connectivity index (χ3v) is 13.4. The molecule has 4 heterocycles. The molecule has 8 aromatic carbocycles. The minimum atomic E-state index is 0.664. The van der Waals surface area contributed by atoms with Crippen LogP contribution in [0.25, 0.3) is 113 Å². The lowest BCUT2D eigenvalue weighted by Crippen LogP contribution is -2.00. The summed E-state index contributed by atoms with van der Waals surface area (Å²) in [5.74, 6) is 2.00. The Morgan fingerprint density at radius 1 is 0.351 bits per heavy atom. The Morgan fingerprint density at radius 3 is 1.65 bits per heavy atom. The number of thiophene rings is 2. The number of aromatic nitrogens is 4. The van der Waals surface area contributed by atoms with Gasteiger partial charge in [-0.3, -0.25) is 0 Å². The van der Waals surface area contributed by atoms with Crippen LogP contribution in [0, 0.1) is 0 Å². The molecule has 57 heavy (non-hydrogen) atoms. The van der Waals surface area contributed by atoms with Crippen molar-refractivity contribution < 1.29 is 0 Å². The lowest BCUT2D eigenvalue weighted by atomic mass is 10.00. The van der Waals surface area contributed by atoms with Crippen LogP contribution >= 0.6 is 22.7 Å². The Morgan fingerprint density at radius 2 is 0.930 bits per heavy atom. The molecule has 0 N–H and O–H groups in total. The number of nitrogens with zero attached hydrogens (tertiary/aromatic N) is 4. The Balaban J connectivity index is 0.992. The molecule has 12 rings (SSSR count). The zero-order chi connectivity index (χ0) is 37.5. The topological polar surface area (TPSA) is 43.6 Å². The summed E-state index contributed by atoms with van der Waals surface area (Å²) in [6.07, 6.45) is 0. The lowest BCUT2D eigenvalue weighted by Gasteiger charge is -2.09. The molecule has 4 nitrogen and oxygen atoms in total. The Hall–Kier alpha value is -6.99. The van der Waals surface area contributed by atoms with Gasteiger partial charge in [-0.15, -0.1) is 22.7 Å². The summed E-state index contributed by atoms with van der Waals surface area (Å²) in [6.45, 7) is 0. The van der Waals surface area contributed by atoms with Gasteiger partial charge in [0.1, 0.15) is 0 Å². The number of benzene rings is 8. The van der Waals surface area contributed by atoms with Crippen LogP contribution in [-0.4, -0.2) is 19.5 Å². The van der Waals surface area contributed by atoms with Crippen LogP contribution in [0.1, 0.15) is 0 Å². The van der Waals surface area contributed by atoms with Crippen LogP contribution < -0.4 is 0 Å². The molecule has 266 valence electrons. The largest absolute Gasteiger partial charge is 0.309 e. The minimum Gasteiger partial charge on any atom is -0.309 e. The van der Waals surface area contributed by atoms with Crippen LogP contribution in [0.4, 0.5) is 0 Å². The fourth-order valence-electron chi connectivity index (χ4n) is 8.46. The van der Waals surface area contributed by atoms with Crippen LogP contribution in [0.5, 0.6) is 0 Å². The second-order valence-corrected chi connectivity index (χ2v) is 16.5. The Kier molecular flexibility index (Phi) is 7.24. The summed E-state index contributed by atoms with van der Waals surface area (Å²) in [5, 5.41) is 7.51. The van der Waals surface area contributed by atoms with Crippen molar-refractivity contribution in [2.75, 3.05) is 0 Å². The van der Waals surface area contributed by atoms with Gasteiger partial charge in [-0.25, -0.2) is 15.0 Å². The summed E-state index contributed by atoms with van der Waals surface area (Å²) in [6, 6.07) is 64.9. The van der Waals surface area contributed by atoms with Crippen LogP contribution in [-0.2, 0) is 0 Å². The van der Waals surface area contributed by atoms with E-state index >= 15 is 0 Å². The molecule has 0 spiro atoms. The predicted molar refractivity (Wildman–Crippen MR) is 242 cm³/mol. The van der Waals surface area contributed by atoms with Gasteiger partial charge >= 0.3 is 0 Å². The van der Waals surface area contributed by atoms with Gasteiger partial charge in [-0.2, -0.15) is 0 Å². The van der Waals surface area contributed by atoms with Gasteiger partial charge in [0.15, 0.2) is 17.5 Å². The standard InChI is InChI=1S/C51H30N4S2/c1-3-13-31(14-4-1)49-52-50(32-15-5-2-6-16-32)54-51(53-49)41-21-12-24-44-47(41)40-27-25-33(29-45(40)56-44)35-19-11-20-39-38-28-26-34(30-46(38)57-48(35)39)55-42-22-9-7-17-36(42)37-18-8-10-23-43(37)55/h1-30H. The predicted octanol–water partition coefficient (Wildman–Crippen LogP) is 14.4. The third kappa shape index (κ3) is 5.15. The fraction of sp³-hybridized carbons (Fsp3) is 0. The van der Waals surface area contributed by atoms with E-state index in [1.165, 1.54) is 79.0 Å². The van der Waals surface area contributed by atoms with E-state index < -0.39 is 0 Å². The molecular formula is C51H30N4S2. The first-order chi connectivity index (χ1) is 28.2. The molecular weight excluding hydrogens is 733 g/mol. The van der Waals surface area contributed by atoms with Gasteiger partial charge in [0.05, 0.1) is 11.0 Å². The molecule has 0 radical (unpaired) electrons. The molecule has 0 fully saturated rings. The summed E-state index contributed by atoms with van der Waals surface area (Å²) in [7, 11) is 0. The zero-order valence-electron chi connectivity index (χ0n) is 30.4. The minimum absolute atomic E-state index is 0.664. The summed E-state index contributed by atoms with van der Waals surface area (Å²) >= 11 is 3.70. The summed E-state index contributed by atoms with van der Waals surface area (Å²) < 4.78 is 7.44. The summed E-state index contributed by atoms with van der Waals surface area (Å²) in [5.41, 5.74) is 9.03. The molecule has 0 saturated heterocycles. The molecule has 0 saturated carbocycles. The highest BCUT2D eigenvalue weighted by Crippen LogP contribution is 2.45. The van der Waals surface area contributed by atoms with Crippen molar-refractivity contribution in [3.63, 3.8) is 0 Å². The van der Waals surface area contributed by atoms with Gasteiger partial charge in [0.25, 0.3) is 0 Å². The number of fused-ring (bicyclic) bond motifs is 9. The molecule has 0 aliphatic heterocycles. The van der Waals surface area contributed by atoms with E-state index in [2.05, 4.69) is 150 Å². The van der Waals surface area contributed by atoms with Gasteiger partial charge in [-0.1, -0.05) is 146 Å². The van der Waals surface area contributed by atoms with Crippen LogP contribution in [0.3, 0.4) is 0 Å². The third-order valence-electron chi connectivity index (χ3n) is 11.1. The average molecular weight is 763 g/mol. The Bertz CT molecular complexity index is 3410. The molecule has 0 aliphatic carbocycles. The molecule has 0 aliphatic rings. The molecule has 0 amide bonds. The second kappa shape index (κ2) is 12.8. The second-order valence-electron chi connectivity index (χ2n) is 14.4. The molecule has 0 unspecified atom stereocenters. The van der Waals surface area contributed by atoms with E-state index in [-0.39, 0.29) is 0 Å². The van der Waals surface area contributed by atoms with Crippen molar-refractivity contribution in [3.8, 4) is 51.0 Å². The zero-order valence-corrected chi connectivity index (χ0v) is 32.1. The van der Waals surface area contributed by atoms with Crippen molar-refractivity contribution in [1.29, 1.82) is 0 Å². The smallest absolute Gasteiger partial charge is 0.164 e. The van der Waals surface area contributed by atoms with Crippen LogP contribution in [0.2, 0.25) is 0 Å². The van der Waals surface area contributed by atoms with Crippen molar-refractivity contribution in [2.24, 2.45) is 0 Å². The van der Waals surface area contributed by atoms with Crippen molar-refractivity contribution in [1.82, 2.24) is 19.5 Å². The monoisotopic (exact) mass is 762 g/mol. The van der Waals surface area contributed by atoms with E-state index in [1.807, 2.05) is 59.1 Å². The first kappa shape index (κ1) is 32.3. The Labute approximate surface area is 335 Å². The highest BCUT2D eigenvalue weighted by atomic mass is 32.1. The molecule has 12 aromatic rings. The summed E-state index contributed by atoms with van der Waals surface area (Å²) in [4.78, 5) is 15.1. The lowest BCUT2D eigenvalue weighted by molar-refractivity contribution is 1.08. The highest BCUT2D eigenvalue weighted by molar-refractivity contribution is 7.26. The first-order valence-corrected chi connectivity index (χ1v) is 20.7. The number of para-hydroxylation sites is 2. The molecule has 0 bridgehead atoms. The van der Waals surface area contributed by atoms with E-state index in [0.717, 1.165) is 16.7 Å². The quantitative estimate of drug-likeness (QED) is 0.175. The van der Waals surface area contributed by atoms with Gasteiger partial charge in [0, 0.05) is 73.5 Å². The number of hydrogen-bond donors (Lipinski definition) is 0. The maximum atomic E-state index is 5.09. The van der Waals surface area contributed by atoms with Gasteiger partial charge < -0.3 is 4.57 Å². The maximum absolute atomic E-state index is 5.09. The molecule has 6 heteroatoms. The number of rotatable bonds is 5. The number of hydrogen-bond acceptors (Lipinski definition) is 5. The van der Waals surface area contributed by atoms with Gasteiger partial charge in [0.2, 0.25) is 0 Å².